The summed E-state index contributed by atoms with van der Waals surface area (Å²) in [6, 6.07) is 21.1. The van der Waals surface area contributed by atoms with Gasteiger partial charge in [-0.25, -0.2) is 4.98 Å². The SMILES string of the molecule is C=CN(/C=C(/C)C(C)CC)c1ccc(CNc2nccc(-c3ccc4ncccc4c3)c2C)cc1. The van der Waals surface area contributed by atoms with Crippen LogP contribution in [0.25, 0.3) is 22.0 Å². The van der Waals surface area contributed by atoms with Crippen LogP contribution >= 0.6 is 0 Å². The van der Waals surface area contributed by atoms with Gasteiger partial charge < -0.3 is 10.2 Å². The third kappa shape index (κ3) is 5.60. The van der Waals surface area contributed by atoms with E-state index in [0.29, 0.717) is 12.5 Å². The predicted octanol–water partition coefficient (Wildman–Crippen LogP) is 8.12. The van der Waals surface area contributed by atoms with Crippen molar-refractivity contribution in [1.29, 1.82) is 0 Å². The highest BCUT2D eigenvalue weighted by molar-refractivity contribution is 5.85. The third-order valence-electron chi connectivity index (χ3n) is 6.74. The minimum absolute atomic E-state index is 0.554. The fraction of sp³-hybridized carbons (Fsp3) is 0.226. The Morgan fingerprint density at radius 1 is 1.06 bits per heavy atom. The summed E-state index contributed by atoms with van der Waals surface area (Å²) in [6.45, 7) is 13.5. The molecule has 2 aromatic carbocycles. The summed E-state index contributed by atoms with van der Waals surface area (Å²) in [5.74, 6) is 1.45. The molecule has 0 saturated carbocycles. The molecule has 0 aliphatic rings. The van der Waals surface area contributed by atoms with E-state index in [9.17, 15) is 0 Å². The monoisotopic (exact) mass is 462 g/mol. The number of hydrogen-bond acceptors (Lipinski definition) is 4. The number of anilines is 2. The molecule has 1 unspecified atom stereocenters. The maximum absolute atomic E-state index is 4.61. The molecule has 1 atom stereocenters. The number of allylic oxidation sites excluding steroid dienone is 1. The van der Waals surface area contributed by atoms with Gasteiger partial charge in [-0.05, 0) is 84.8 Å². The predicted molar refractivity (Wildman–Crippen MR) is 149 cm³/mol. The molecule has 4 nitrogen and oxygen atoms in total. The van der Waals surface area contributed by atoms with E-state index in [-0.39, 0.29) is 0 Å². The van der Waals surface area contributed by atoms with Crippen LogP contribution in [-0.4, -0.2) is 9.97 Å². The van der Waals surface area contributed by atoms with Crippen LogP contribution in [0.1, 0.15) is 38.3 Å². The maximum atomic E-state index is 4.61. The summed E-state index contributed by atoms with van der Waals surface area (Å²) in [4.78, 5) is 11.1. The average molecular weight is 463 g/mol. The van der Waals surface area contributed by atoms with Crippen molar-refractivity contribution in [2.24, 2.45) is 5.92 Å². The number of aromatic nitrogens is 2. The second kappa shape index (κ2) is 11.0. The first-order valence-electron chi connectivity index (χ1n) is 12.2. The normalized spacial score (nSPS) is 12.4. The molecule has 0 fully saturated rings. The van der Waals surface area contributed by atoms with Gasteiger partial charge in [-0.3, -0.25) is 4.98 Å². The Kier molecular flexibility index (Phi) is 7.61. The van der Waals surface area contributed by atoms with Gasteiger partial charge in [0.25, 0.3) is 0 Å². The van der Waals surface area contributed by atoms with Crippen molar-refractivity contribution >= 4 is 22.4 Å². The van der Waals surface area contributed by atoms with Crippen LogP contribution < -0.4 is 10.2 Å². The van der Waals surface area contributed by atoms with Gasteiger partial charge in [0.05, 0.1) is 5.52 Å². The van der Waals surface area contributed by atoms with Crippen LogP contribution in [0.4, 0.5) is 11.5 Å². The molecule has 0 bridgehead atoms. The van der Waals surface area contributed by atoms with E-state index in [0.717, 1.165) is 34.4 Å². The van der Waals surface area contributed by atoms with Crippen molar-refractivity contribution in [3.63, 3.8) is 0 Å². The zero-order chi connectivity index (χ0) is 24.8. The molecule has 4 aromatic rings. The summed E-state index contributed by atoms with van der Waals surface area (Å²) in [5.41, 5.74) is 8.14. The van der Waals surface area contributed by atoms with E-state index in [1.165, 1.54) is 22.3 Å². The van der Waals surface area contributed by atoms with Gasteiger partial charge in [0.2, 0.25) is 0 Å². The fourth-order valence-electron chi connectivity index (χ4n) is 4.14. The first-order chi connectivity index (χ1) is 17.0. The molecule has 0 radical (unpaired) electrons. The molecule has 0 amide bonds. The van der Waals surface area contributed by atoms with E-state index in [2.05, 4.69) is 115 Å². The molecule has 2 aromatic heterocycles. The number of rotatable bonds is 9. The summed E-state index contributed by atoms with van der Waals surface area (Å²) in [5, 5.41) is 4.66. The Balaban J connectivity index is 1.48. The zero-order valence-electron chi connectivity index (χ0n) is 21.1. The Bertz CT molecular complexity index is 1340. The lowest BCUT2D eigenvalue weighted by Crippen LogP contribution is -2.10. The van der Waals surface area contributed by atoms with Gasteiger partial charge >= 0.3 is 0 Å². The lowest BCUT2D eigenvalue weighted by Gasteiger charge is -2.19. The third-order valence-corrected chi connectivity index (χ3v) is 6.74. The molecule has 35 heavy (non-hydrogen) atoms. The van der Waals surface area contributed by atoms with E-state index < -0.39 is 0 Å². The molecule has 178 valence electrons. The van der Waals surface area contributed by atoms with E-state index in [1.54, 1.807) is 0 Å². The van der Waals surface area contributed by atoms with Gasteiger partial charge in [-0.2, -0.15) is 0 Å². The van der Waals surface area contributed by atoms with Gasteiger partial charge in [0, 0.05) is 42.4 Å². The molecular formula is C31H34N4. The zero-order valence-corrected chi connectivity index (χ0v) is 21.1. The number of nitrogens with one attached hydrogen (secondary N) is 1. The largest absolute Gasteiger partial charge is 0.366 e. The van der Waals surface area contributed by atoms with E-state index in [1.807, 2.05) is 24.7 Å². The van der Waals surface area contributed by atoms with Crippen LogP contribution in [0, 0.1) is 12.8 Å². The van der Waals surface area contributed by atoms with Crippen molar-refractivity contribution in [1.82, 2.24) is 9.97 Å². The van der Waals surface area contributed by atoms with Gasteiger partial charge in [-0.1, -0.05) is 50.3 Å². The molecule has 1 N–H and O–H groups in total. The standard InChI is InChI=1S/C31H34N4/c1-6-22(3)23(4)21-35(7-2)28-13-10-25(11-14-28)20-34-31-24(5)29(16-18-33-31)26-12-15-30-27(19-26)9-8-17-32-30/h7-19,21-22H,2,6,20H2,1,3-5H3,(H,33,34)/b23-21-. The number of fused-ring (bicyclic) bond motifs is 1. The van der Waals surface area contributed by atoms with Crippen LogP contribution in [-0.2, 0) is 6.54 Å². The maximum Gasteiger partial charge on any atom is 0.129 e. The quantitative estimate of drug-likeness (QED) is 0.273. The second-order valence-electron chi connectivity index (χ2n) is 9.04. The molecule has 0 saturated heterocycles. The Hall–Kier alpha value is -3.92. The highest BCUT2D eigenvalue weighted by atomic mass is 15.1. The highest BCUT2D eigenvalue weighted by Gasteiger charge is 2.09. The molecule has 4 heteroatoms. The minimum Gasteiger partial charge on any atom is -0.366 e. The summed E-state index contributed by atoms with van der Waals surface area (Å²) >= 11 is 0. The first kappa shape index (κ1) is 24.2. The molecule has 0 aliphatic carbocycles. The Labute approximate surface area is 209 Å². The summed E-state index contributed by atoms with van der Waals surface area (Å²) in [7, 11) is 0. The highest BCUT2D eigenvalue weighted by Crippen LogP contribution is 2.29. The van der Waals surface area contributed by atoms with Gasteiger partial charge in [0.15, 0.2) is 0 Å². The number of benzene rings is 2. The van der Waals surface area contributed by atoms with Crippen LogP contribution in [0.5, 0.6) is 0 Å². The summed E-state index contributed by atoms with van der Waals surface area (Å²) in [6.07, 6.45) is 8.87. The minimum atomic E-state index is 0.554. The molecular weight excluding hydrogens is 428 g/mol. The topological polar surface area (TPSA) is 41.0 Å². The molecule has 4 rings (SSSR count). The van der Waals surface area contributed by atoms with Crippen LogP contribution in [0.3, 0.4) is 0 Å². The lowest BCUT2D eigenvalue weighted by atomic mass is 10.00. The van der Waals surface area contributed by atoms with Crippen molar-refractivity contribution in [2.45, 2.75) is 40.7 Å². The molecule has 0 aliphatic heterocycles. The smallest absolute Gasteiger partial charge is 0.129 e. The van der Waals surface area contributed by atoms with Crippen molar-refractivity contribution in [3.8, 4) is 11.1 Å². The number of pyridine rings is 2. The van der Waals surface area contributed by atoms with Crippen molar-refractivity contribution in [2.75, 3.05) is 10.2 Å². The van der Waals surface area contributed by atoms with Gasteiger partial charge in [0.1, 0.15) is 5.82 Å². The second-order valence-corrected chi connectivity index (χ2v) is 9.04. The Morgan fingerprint density at radius 3 is 2.60 bits per heavy atom. The van der Waals surface area contributed by atoms with Crippen molar-refractivity contribution in [3.05, 3.63) is 109 Å². The van der Waals surface area contributed by atoms with Gasteiger partial charge in [-0.15, -0.1) is 0 Å². The lowest BCUT2D eigenvalue weighted by molar-refractivity contribution is 0.653. The first-order valence-corrected chi connectivity index (χ1v) is 12.2. The number of hydrogen-bond donors (Lipinski definition) is 1. The average Bonchev–Trinajstić information content (AvgIpc) is 2.90. The molecule has 0 spiro atoms. The van der Waals surface area contributed by atoms with Crippen molar-refractivity contribution < 1.29 is 0 Å². The van der Waals surface area contributed by atoms with Crippen LogP contribution in [0.15, 0.2) is 97.6 Å². The van der Waals surface area contributed by atoms with E-state index >= 15 is 0 Å². The summed E-state index contributed by atoms with van der Waals surface area (Å²) < 4.78 is 0. The number of nitrogens with zero attached hydrogens (tertiary/aromatic N) is 3. The van der Waals surface area contributed by atoms with E-state index in [4.69, 9.17) is 0 Å². The fourth-order valence-corrected chi connectivity index (χ4v) is 4.14. The molecule has 2 heterocycles. The van der Waals surface area contributed by atoms with Crippen LogP contribution in [0.2, 0.25) is 0 Å². The Morgan fingerprint density at radius 2 is 1.86 bits per heavy atom.